The Bertz CT molecular complexity index is 1230. The maximum atomic E-state index is 13.2. The molecule has 0 fully saturated rings. The molecule has 0 spiro atoms. The first-order valence-electron chi connectivity index (χ1n) is 10.2. The summed E-state index contributed by atoms with van der Waals surface area (Å²) < 4.78 is 1.23. The largest absolute Gasteiger partial charge is 0.326 e. The maximum Gasteiger partial charge on any atom is 0.267 e. The maximum absolute atomic E-state index is 13.2. The summed E-state index contributed by atoms with van der Waals surface area (Å²) in [6, 6.07) is 15.7. The second kappa shape index (κ2) is 8.18. The molecule has 2 amide bonds. The summed E-state index contributed by atoms with van der Waals surface area (Å²) >= 11 is 0. The van der Waals surface area contributed by atoms with Crippen LogP contribution in [0.3, 0.4) is 0 Å². The zero-order valence-corrected chi connectivity index (χ0v) is 17.8. The third-order valence-corrected chi connectivity index (χ3v) is 5.55. The number of hydrogen-bond donors (Lipinski definition) is 1. The predicted octanol–water partition coefficient (Wildman–Crippen LogP) is 3.33. The Balaban J connectivity index is 1.66. The molecule has 7 heteroatoms. The van der Waals surface area contributed by atoms with Crippen molar-refractivity contribution in [1.29, 1.82) is 0 Å². The van der Waals surface area contributed by atoms with Crippen LogP contribution in [0.2, 0.25) is 0 Å². The minimum atomic E-state index is -0.751. The van der Waals surface area contributed by atoms with Gasteiger partial charge in [-0.3, -0.25) is 14.4 Å². The van der Waals surface area contributed by atoms with Crippen molar-refractivity contribution in [2.75, 3.05) is 16.8 Å². The number of rotatable bonds is 4. The molecule has 4 rings (SSSR count). The van der Waals surface area contributed by atoms with Gasteiger partial charge in [-0.2, -0.15) is 5.10 Å². The van der Waals surface area contributed by atoms with Gasteiger partial charge in [0.15, 0.2) is 0 Å². The standard InChI is InChI=1S/C24H24N4O3/c1-15-8-9-19(14-21(15)25-17(3)29)20-10-11-23(30)28(26-20)16(2)24(31)27-13-12-18-6-4-5-7-22(18)27/h4-11,14,16H,12-13H2,1-3H3,(H,25,29). The Hall–Kier alpha value is -3.74. The van der Waals surface area contributed by atoms with Crippen molar-refractivity contribution < 1.29 is 9.59 Å². The molecule has 2 heterocycles. The van der Waals surface area contributed by atoms with Crippen LogP contribution in [0.25, 0.3) is 11.3 Å². The Morgan fingerprint density at radius 3 is 2.65 bits per heavy atom. The predicted molar refractivity (Wildman–Crippen MR) is 120 cm³/mol. The Morgan fingerprint density at radius 1 is 1.10 bits per heavy atom. The summed E-state index contributed by atoms with van der Waals surface area (Å²) in [5, 5.41) is 7.29. The fourth-order valence-electron chi connectivity index (χ4n) is 3.86. The minimum absolute atomic E-state index is 0.164. The van der Waals surface area contributed by atoms with Crippen molar-refractivity contribution in [3.63, 3.8) is 0 Å². The Morgan fingerprint density at radius 2 is 1.87 bits per heavy atom. The highest BCUT2D eigenvalue weighted by atomic mass is 16.2. The second-order valence-electron chi connectivity index (χ2n) is 7.76. The molecule has 1 aliphatic heterocycles. The highest BCUT2D eigenvalue weighted by molar-refractivity contribution is 5.97. The molecule has 7 nitrogen and oxygen atoms in total. The fourth-order valence-corrected chi connectivity index (χ4v) is 3.86. The molecule has 0 saturated carbocycles. The smallest absolute Gasteiger partial charge is 0.267 e. The van der Waals surface area contributed by atoms with Crippen LogP contribution in [0, 0.1) is 6.92 Å². The van der Waals surface area contributed by atoms with Gasteiger partial charge >= 0.3 is 0 Å². The van der Waals surface area contributed by atoms with Gasteiger partial charge in [0.05, 0.1) is 5.69 Å². The Labute approximate surface area is 180 Å². The fraction of sp³-hybridized carbons (Fsp3) is 0.250. The van der Waals surface area contributed by atoms with Crippen LogP contribution in [0.4, 0.5) is 11.4 Å². The molecule has 158 valence electrons. The van der Waals surface area contributed by atoms with Crippen molar-refractivity contribution in [2.24, 2.45) is 0 Å². The van der Waals surface area contributed by atoms with Crippen molar-refractivity contribution in [1.82, 2.24) is 9.78 Å². The molecule has 0 radical (unpaired) electrons. The summed E-state index contributed by atoms with van der Waals surface area (Å²) in [5.41, 5.74) is 4.57. The van der Waals surface area contributed by atoms with E-state index in [1.54, 1.807) is 17.9 Å². The molecule has 1 N–H and O–H groups in total. The highest BCUT2D eigenvalue weighted by Crippen LogP contribution is 2.29. The number of nitrogens with one attached hydrogen (secondary N) is 1. The SMILES string of the molecule is CC(=O)Nc1cc(-c2ccc(=O)n(C(C)C(=O)N3CCc4ccccc43)n2)ccc1C. The van der Waals surface area contributed by atoms with E-state index >= 15 is 0 Å². The van der Waals surface area contributed by atoms with Crippen molar-refractivity contribution in [2.45, 2.75) is 33.2 Å². The lowest BCUT2D eigenvalue weighted by Crippen LogP contribution is -2.39. The van der Waals surface area contributed by atoms with E-state index in [2.05, 4.69) is 10.4 Å². The van der Waals surface area contributed by atoms with E-state index < -0.39 is 6.04 Å². The number of aromatic nitrogens is 2. The monoisotopic (exact) mass is 416 g/mol. The second-order valence-corrected chi connectivity index (χ2v) is 7.76. The molecule has 1 atom stereocenters. The average molecular weight is 416 g/mol. The molecular weight excluding hydrogens is 392 g/mol. The molecule has 1 unspecified atom stereocenters. The van der Waals surface area contributed by atoms with E-state index in [-0.39, 0.29) is 17.4 Å². The number of nitrogens with zero attached hydrogens (tertiary/aromatic N) is 3. The van der Waals surface area contributed by atoms with Crippen molar-refractivity contribution >= 4 is 23.2 Å². The number of fused-ring (bicyclic) bond motifs is 1. The van der Waals surface area contributed by atoms with Crippen LogP contribution < -0.4 is 15.8 Å². The topological polar surface area (TPSA) is 84.3 Å². The number of amides is 2. The summed E-state index contributed by atoms with van der Waals surface area (Å²) in [6.07, 6.45) is 0.798. The molecule has 0 aliphatic carbocycles. The van der Waals surface area contributed by atoms with E-state index in [1.165, 1.54) is 17.7 Å². The summed E-state index contributed by atoms with van der Waals surface area (Å²) in [4.78, 5) is 39.0. The van der Waals surface area contributed by atoms with Crippen LogP contribution >= 0.6 is 0 Å². The average Bonchev–Trinajstić information content (AvgIpc) is 3.18. The van der Waals surface area contributed by atoms with Gasteiger partial charge < -0.3 is 10.2 Å². The van der Waals surface area contributed by atoms with Gasteiger partial charge in [-0.15, -0.1) is 0 Å². The van der Waals surface area contributed by atoms with Gasteiger partial charge in [0.2, 0.25) is 5.91 Å². The first kappa shape index (κ1) is 20.5. The minimum Gasteiger partial charge on any atom is -0.326 e. The van der Waals surface area contributed by atoms with Gasteiger partial charge in [-0.25, -0.2) is 4.68 Å². The van der Waals surface area contributed by atoms with Crippen LogP contribution in [0.5, 0.6) is 0 Å². The van der Waals surface area contributed by atoms with Crippen molar-refractivity contribution in [3.8, 4) is 11.3 Å². The normalized spacial score (nSPS) is 13.6. The van der Waals surface area contributed by atoms with Gasteiger partial charge in [-0.1, -0.05) is 30.3 Å². The third kappa shape index (κ3) is 3.99. The molecule has 0 bridgehead atoms. The number of carbonyl (C=O) groups is 2. The quantitative estimate of drug-likeness (QED) is 0.707. The number of aryl methyl sites for hydroxylation is 1. The lowest BCUT2D eigenvalue weighted by molar-refractivity contribution is -0.121. The molecule has 3 aromatic rings. The van der Waals surface area contributed by atoms with Gasteiger partial charge in [0.25, 0.3) is 11.5 Å². The first-order chi connectivity index (χ1) is 14.8. The highest BCUT2D eigenvalue weighted by Gasteiger charge is 2.29. The van der Waals surface area contributed by atoms with E-state index in [4.69, 9.17) is 0 Å². The Kier molecular flexibility index (Phi) is 5.42. The molecular formula is C24H24N4O3. The van der Waals surface area contributed by atoms with Gasteiger partial charge in [-0.05, 0) is 49.6 Å². The molecule has 2 aromatic carbocycles. The van der Waals surface area contributed by atoms with E-state index in [0.717, 1.165) is 28.8 Å². The van der Waals surface area contributed by atoms with Crippen LogP contribution in [-0.4, -0.2) is 28.1 Å². The van der Waals surface area contributed by atoms with E-state index in [1.807, 2.05) is 49.4 Å². The van der Waals surface area contributed by atoms with E-state index in [9.17, 15) is 14.4 Å². The van der Waals surface area contributed by atoms with Gasteiger partial charge in [0, 0.05) is 36.5 Å². The number of benzene rings is 2. The number of carbonyl (C=O) groups excluding carboxylic acids is 2. The molecule has 1 aliphatic rings. The summed E-state index contributed by atoms with van der Waals surface area (Å²) in [5.74, 6) is -0.331. The molecule has 31 heavy (non-hydrogen) atoms. The zero-order chi connectivity index (χ0) is 22.1. The van der Waals surface area contributed by atoms with Crippen molar-refractivity contribution in [3.05, 3.63) is 76.1 Å². The van der Waals surface area contributed by atoms with Crippen LogP contribution in [0.1, 0.15) is 31.0 Å². The number of anilines is 2. The summed E-state index contributed by atoms with van der Waals surface area (Å²) in [6.45, 7) is 5.64. The number of para-hydroxylation sites is 1. The molecule has 0 saturated heterocycles. The van der Waals surface area contributed by atoms with Crippen LogP contribution in [-0.2, 0) is 16.0 Å². The van der Waals surface area contributed by atoms with E-state index in [0.29, 0.717) is 17.9 Å². The lowest BCUT2D eigenvalue weighted by Gasteiger charge is -2.22. The molecule has 1 aromatic heterocycles. The van der Waals surface area contributed by atoms with Crippen LogP contribution in [0.15, 0.2) is 59.4 Å². The zero-order valence-electron chi connectivity index (χ0n) is 17.8. The summed E-state index contributed by atoms with van der Waals surface area (Å²) in [7, 11) is 0. The number of hydrogen-bond acceptors (Lipinski definition) is 4. The third-order valence-electron chi connectivity index (χ3n) is 5.55. The lowest BCUT2D eigenvalue weighted by atomic mass is 10.1. The first-order valence-corrected chi connectivity index (χ1v) is 10.2. The van der Waals surface area contributed by atoms with Gasteiger partial charge in [0.1, 0.15) is 6.04 Å².